The molecule has 2 bridgehead atoms. The van der Waals surface area contributed by atoms with Crippen LogP contribution in [0.4, 0.5) is 5.69 Å². The smallest absolute Gasteiger partial charge is 0.307 e. The summed E-state index contributed by atoms with van der Waals surface area (Å²) in [6, 6.07) is 6.88. The zero-order valence-electron chi connectivity index (χ0n) is 11.4. The Morgan fingerprint density at radius 2 is 1.71 bits per heavy atom. The Kier molecular flexibility index (Phi) is 3.51. The van der Waals surface area contributed by atoms with E-state index in [9.17, 15) is 14.7 Å². The fourth-order valence-electron chi connectivity index (χ4n) is 3.44. The fourth-order valence-corrected chi connectivity index (χ4v) is 3.44. The average molecular weight is 287 g/mol. The number of carboxylic acids is 1. The van der Waals surface area contributed by atoms with Gasteiger partial charge >= 0.3 is 5.97 Å². The molecule has 4 atom stereocenters. The molecular formula is C16H17NO4. The van der Waals surface area contributed by atoms with E-state index in [0.29, 0.717) is 5.69 Å². The normalized spacial score (nSPS) is 29.6. The third-order valence-corrected chi connectivity index (χ3v) is 4.45. The van der Waals surface area contributed by atoms with Crippen molar-refractivity contribution < 1.29 is 19.8 Å². The van der Waals surface area contributed by atoms with Crippen molar-refractivity contribution in [3.05, 3.63) is 42.0 Å². The monoisotopic (exact) mass is 287 g/mol. The highest BCUT2D eigenvalue weighted by atomic mass is 16.4. The van der Waals surface area contributed by atoms with Gasteiger partial charge in [-0.3, -0.25) is 9.59 Å². The Morgan fingerprint density at radius 3 is 2.29 bits per heavy atom. The molecule has 3 N–H and O–H groups in total. The number of aliphatic hydroxyl groups is 1. The number of carbonyl (C=O) groups is 2. The molecule has 0 aromatic heterocycles. The Hall–Kier alpha value is -2.14. The molecule has 0 saturated heterocycles. The van der Waals surface area contributed by atoms with Crippen molar-refractivity contribution in [3.8, 4) is 0 Å². The second-order valence-electron chi connectivity index (χ2n) is 5.68. The van der Waals surface area contributed by atoms with Crippen LogP contribution in [-0.4, -0.2) is 22.1 Å². The van der Waals surface area contributed by atoms with E-state index in [1.165, 1.54) is 0 Å². The van der Waals surface area contributed by atoms with Crippen LogP contribution in [0.1, 0.15) is 12.0 Å². The van der Waals surface area contributed by atoms with Gasteiger partial charge in [-0.05, 0) is 36.0 Å². The molecule has 1 saturated carbocycles. The van der Waals surface area contributed by atoms with Gasteiger partial charge < -0.3 is 15.5 Å². The second kappa shape index (κ2) is 5.33. The van der Waals surface area contributed by atoms with Gasteiger partial charge in [0.1, 0.15) is 0 Å². The van der Waals surface area contributed by atoms with Crippen molar-refractivity contribution in [1.82, 2.24) is 0 Å². The summed E-state index contributed by atoms with van der Waals surface area (Å²) in [6.45, 7) is -0.0491. The molecule has 21 heavy (non-hydrogen) atoms. The van der Waals surface area contributed by atoms with Crippen LogP contribution >= 0.6 is 0 Å². The quantitative estimate of drug-likeness (QED) is 0.735. The molecular weight excluding hydrogens is 270 g/mol. The number of allylic oxidation sites excluding steroid dienone is 2. The molecule has 0 aliphatic heterocycles. The van der Waals surface area contributed by atoms with E-state index in [-0.39, 0.29) is 24.3 Å². The number of nitrogens with one attached hydrogen (secondary N) is 1. The maximum absolute atomic E-state index is 12.4. The van der Waals surface area contributed by atoms with Crippen molar-refractivity contribution >= 4 is 17.6 Å². The van der Waals surface area contributed by atoms with Crippen LogP contribution in [0.15, 0.2) is 36.4 Å². The number of aliphatic carboxylic acids is 1. The largest absolute Gasteiger partial charge is 0.481 e. The lowest BCUT2D eigenvalue weighted by molar-refractivity contribution is -0.146. The third-order valence-electron chi connectivity index (χ3n) is 4.45. The number of anilines is 1. The molecule has 3 rings (SSSR count). The summed E-state index contributed by atoms with van der Waals surface area (Å²) in [7, 11) is 0. The molecule has 1 aromatic carbocycles. The summed E-state index contributed by atoms with van der Waals surface area (Å²) < 4.78 is 0. The van der Waals surface area contributed by atoms with Crippen LogP contribution in [0.25, 0.3) is 0 Å². The highest BCUT2D eigenvalue weighted by molar-refractivity contribution is 5.96. The van der Waals surface area contributed by atoms with Crippen LogP contribution in [0.5, 0.6) is 0 Å². The van der Waals surface area contributed by atoms with Crippen molar-refractivity contribution in [3.63, 3.8) is 0 Å². The number of benzene rings is 1. The lowest BCUT2D eigenvalue weighted by Gasteiger charge is -2.23. The van der Waals surface area contributed by atoms with Crippen LogP contribution in [-0.2, 0) is 16.2 Å². The minimum atomic E-state index is -0.900. The molecule has 0 radical (unpaired) electrons. The van der Waals surface area contributed by atoms with Gasteiger partial charge in [-0.1, -0.05) is 24.3 Å². The number of rotatable bonds is 4. The predicted octanol–water partition coefficient (Wildman–Crippen LogP) is 1.64. The van der Waals surface area contributed by atoms with E-state index >= 15 is 0 Å². The highest BCUT2D eigenvalue weighted by Crippen LogP contribution is 2.48. The first kappa shape index (κ1) is 13.8. The number of carbonyl (C=O) groups excluding carboxylic acids is 1. The van der Waals surface area contributed by atoms with Gasteiger partial charge in [-0.25, -0.2) is 0 Å². The summed E-state index contributed by atoms with van der Waals surface area (Å²) in [4.78, 5) is 23.8. The highest BCUT2D eigenvalue weighted by Gasteiger charge is 2.51. The SMILES string of the molecule is O=C(O)C1C2C=CC(C2)C1C(=O)Nc1ccc(CO)cc1. The van der Waals surface area contributed by atoms with E-state index in [1.807, 2.05) is 12.2 Å². The van der Waals surface area contributed by atoms with Gasteiger partial charge in [0.05, 0.1) is 18.4 Å². The molecule has 1 fully saturated rings. The maximum Gasteiger partial charge on any atom is 0.307 e. The molecule has 2 aliphatic carbocycles. The van der Waals surface area contributed by atoms with Gasteiger partial charge in [0.15, 0.2) is 0 Å². The summed E-state index contributed by atoms with van der Waals surface area (Å²) >= 11 is 0. The number of fused-ring (bicyclic) bond motifs is 2. The number of aliphatic hydroxyl groups excluding tert-OH is 1. The van der Waals surface area contributed by atoms with Gasteiger partial charge in [-0.15, -0.1) is 0 Å². The molecule has 0 spiro atoms. The molecule has 110 valence electrons. The Morgan fingerprint density at radius 1 is 1.10 bits per heavy atom. The Balaban J connectivity index is 1.75. The van der Waals surface area contributed by atoms with Gasteiger partial charge in [0.2, 0.25) is 5.91 Å². The molecule has 5 heteroatoms. The number of hydrogen-bond acceptors (Lipinski definition) is 3. The van der Waals surface area contributed by atoms with Crippen molar-refractivity contribution in [2.24, 2.45) is 23.7 Å². The number of hydrogen-bond donors (Lipinski definition) is 3. The maximum atomic E-state index is 12.4. The van der Waals surface area contributed by atoms with E-state index in [0.717, 1.165) is 12.0 Å². The van der Waals surface area contributed by atoms with E-state index in [2.05, 4.69) is 5.32 Å². The van der Waals surface area contributed by atoms with Crippen LogP contribution in [0, 0.1) is 23.7 Å². The summed E-state index contributed by atoms with van der Waals surface area (Å²) in [6.07, 6.45) is 4.63. The molecule has 1 aromatic rings. The van der Waals surface area contributed by atoms with Gasteiger partial charge in [0, 0.05) is 5.69 Å². The standard InChI is InChI=1S/C16H17NO4/c18-8-9-1-5-12(6-2-9)17-15(19)13-10-3-4-11(7-10)14(13)16(20)21/h1-6,10-11,13-14,18H,7-8H2,(H,17,19)(H,20,21). The van der Waals surface area contributed by atoms with Crippen molar-refractivity contribution in [2.45, 2.75) is 13.0 Å². The lowest BCUT2D eigenvalue weighted by Crippen LogP contribution is -2.36. The topological polar surface area (TPSA) is 86.6 Å². The molecule has 1 amide bonds. The van der Waals surface area contributed by atoms with E-state index in [1.54, 1.807) is 24.3 Å². The number of amides is 1. The van der Waals surface area contributed by atoms with Gasteiger partial charge in [0.25, 0.3) is 0 Å². The van der Waals surface area contributed by atoms with Crippen molar-refractivity contribution in [1.29, 1.82) is 0 Å². The van der Waals surface area contributed by atoms with E-state index in [4.69, 9.17) is 5.11 Å². The average Bonchev–Trinajstić information content (AvgIpc) is 3.08. The zero-order chi connectivity index (χ0) is 15.0. The fraction of sp³-hybridized carbons (Fsp3) is 0.375. The molecule has 2 aliphatic rings. The predicted molar refractivity (Wildman–Crippen MR) is 76.3 cm³/mol. The zero-order valence-corrected chi connectivity index (χ0v) is 11.4. The van der Waals surface area contributed by atoms with Crippen LogP contribution < -0.4 is 5.32 Å². The van der Waals surface area contributed by atoms with Crippen molar-refractivity contribution in [2.75, 3.05) is 5.32 Å². The number of carboxylic acid groups (broad SMARTS) is 1. The van der Waals surface area contributed by atoms with Gasteiger partial charge in [-0.2, -0.15) is 0 Å². The third kappa shape index (κ3) is 2.45. The second-order valence-corrected chi connectivity index (χ2v) is 5.68. The lowest BCUT2D eigenvalue weighted by atomic mass is 9.82. The van der Waals surface area contributed by atoms with Crippen LogP contribution in [0.2, 0.25) is 0 Å². The summed E-state index contributed by atoms with van der Waals surface area (Å²) in [5.41, 5.74) is 1.38. The first-order chi connectivity index (χ1) is 10.1. The molecule has 5 nitrogen and oxygen atoms in total. The summed E-state index contributed by atoms with van der Waals surface area (Å²) in [5, 5.41) is 21.1. The minimum absolute atomic E-state index is 0.0211. The molecule has 4 unspecified atom stereocenters. The summed E-state index contributed by atoms with van der Waals surface area (Å²) in [5.74, 6) is -2.28. The Bertz CT molecular complexity index is 593. The first-order valence-electron chi connectivity index (χ1n) is 7.02. The molecule has 0 heterocycles. The van der Waals surface area contributed by atoms with Crippen LogP contribution in [0.3, 0.4) is 0 Å². The Labute approximate surface area is 122 Å². The first-order valence-corrected chi connectivity index (χ1v) is 7.02. The van der Waals surface area contributed by atoms with E-state index < -0.39 is 17.8 Å². The minimum Gasteiger partial charge on any atom is -0.481 e.